The number of methoxy groups -OCH3 is 1. The van der Waals surface area contributed by atoms with E-state index < -0.39 is 0 Å². The molecule has 3 aromatic carbocycles. The number of hydrogen-bond donors (Lipinski definition) is 3. The Hall–Kier alpha value is -2.28. The van der Waals surface area contributed by atoms with Crippen molar-refractivity contribution in [1.82, 2.24) is 10.6 Å². The molecule has 148 valence electrons. The fraction of sp³-hybridized carbons (Fsp3) is 0.130. The van der Waals surface area contributed by atoms with Gasteiger partial charge in [-0.15, -0.1) is 0 Å². The average Bonchev–Trinajstić information content (AvgIpc) is 2.75. The molecule has 6 heteroatoms. The summed E-state index contributed by atoms with van der Waals surface area (Å²) in [5.74, 6) is 1.05. The van der Waals surface area contributed by atoms with Crippen LogP contribution >= 0.6 is 31.9 Å². The normalized spacial score (nSPS) is 18.7. The van der Waals surface area contributed by atoms with Crippen LogP contribution < -0.4 is 15.4 Å². The van der Waals surface area contributed by atoms with Crippen LogP contribution in [0.2, 0.25) is 0 Å². The lowest BCUT2D eigenvalue weighted by Crippen LogP contribution is -2.39. The van der Waals surface area contributed by atoms with E-state index >= 15 is 0 Å². The number of hydrogen-bond acceptors (Lipinski definition) is 4. The van der Waals surface area contributed by atoms with Crippen LogP contribution in [0.5, 0.6) is 11.5 Å². The van der Waals surface area contributed by atoms with E-state index in [4.69, 9.17) is 4.74 Å². The van der Waals surface area contributed by atoms with Crippen LogP contribution in [0.1, 0.15) is 28.9 Å². The first kappa shape index (κ1) is 20.0. The lowest BCUT2D eigenvalue weighted by Gasteiger charge is -2.33. The molecule has 3 N–H and O–H groups in total. The Labute approximate surface area is 186 Å². The summed E-state index contributed by atoms with van der Waals surface area (Å²) in [5.41, 5.74) is 3.90. The highest BCUT2D eigenvalue weighted by atomic mass is 79.9. The zero-order chi connectivity index (χ0) is 20.4. The summed E-state index contributed by atoms with van der Waals surface area (Å²) in [6, 6.07) is 21.4. The fourth-order valence-corrected chi connectivity index (χ4v) is 4.04. The Balaban J connectivity index is 1.78. The molecule has 2 unspecified atom stereocenters. The first-order valence-corrected chi connectivity index (χ1v) is 10.7. The molecule has 0 fully saturated rings. The maximum Gasteiger partial charge on any atom is 0.120 e. The summed E-state index contributed by atoms with van der Waals surface area (Å²) >= 11 is 7.01. The molecule has 0 saturated carbocycles. The van der Waals surface area contributed by atoms with Crippen molar-refractivity contribution in [2.24, 2.45) is 0 Å². The first-order valence-electron chi connectivity index (χ1n) is 9.16. The van der Waals surface area contributed by atoms with Crippen molar-refractivity contribution < 1.29 is 9.84 Å². The largest absolute Gasteiger partial charge is 0.508 e. The molecule has 1 aliphatic heterocycles. The van der Waals surface area contributed by atoms with Crippen molar-refractivity contribution in [2.75, 3.05) is 7.11 Å². The molecule has 0 spiro atoms. The fourth-order valence-electron chi connectivity index (χ4n) is 3.40. The van der Waals surface area contributed by atoms with Gasteiger partial charge in [0, 0.05) is 25.8 Å². The van der Waals surface area contributed by atoms with E-state index in [1.165, 1.54) is 0 Å². The summed E-state index contributed by atoms with van der Waals surface area (Å²) in [7, 11) is 1.66. The molecular weight excluding hydrogens is 496 g/mol. The molecule has 2 atom stereocenters. The molecule has 1 heterocycles. The van der Waals surface area contributed by atoms with E-state index in [0.717, 1.165) is 37.1 Å². The second kappa shape index (κ2) is 8.61. The van der Waals surface area contributed by atoms with Crippen LogP contribution in [0.3, 0.4) is 0 Å². The number of ether oxygens (including phenoxy) is 1. The maximum absolute atomic E-state index is 10.5. The zero-order valence-electron chi connectivity index (χ0n) is 15.7. The quantitative estimate of drug-likeness (QED) is 0.405. The van der Waals surface area contributed by atoms with Gasteiger partial charge < -0.3 is 15.2 Å². The van der Waals surface area contributed by atoms with Gasteiger partial charge in [0.2, 0.25) is 0 Å². The molecule has 0 amide bonds. The number of benzene rings is 3. The predicted molar refractivity (Wildman–Crippen MR) is 123 cm³/mol. The number of phenols is 1. The number of nitrogens with one attached hydrogen (secondary N) is 2. The van der Waals surface area contributed by atoms with Crippen LogP contribution in [0, 0.1) is 0 Å². The third-order valence-corrected chi connectivity index (χ3v) is 5.91. The summed E-state index contributed by atoms with van der Waals surface area (Å²) in [4.78, 5) is 0. The SMILES string of the molecule is COc1cccc(C2=CC(c3cc(Br)ccc3O)NC(c3ccc(Br)cc3)N2)c1. The Bertz CT molecular complexity index is 1050. The topological polar surface area (TPSA) is 53.5 Å². The van der Waals surface area contributed by atoms with Crippen molar-refractivity contribution in [2.45, 2.75) is 12.2 Å². The van der Waals surface area contributed by atoms with Gasteiger partial charge in [0.1, 0.15) is 17.7 Å². The Morgan fingerprint density at radius 1 is 0.931 bits per heavy atom. The molecule has 0 bridgehead atoms. The molecule has 0 aromatic heterocycles. The molecule has 3 aromatic rings. The van der Waals surface area contributed by atoms with Crippen molar-refractivity contribution in [1.29, 1.82) is 0 Å². The minimum absolute atomic E-state index is 0.127. The Kier molecular flexibility index (Phi) is 5.94. The number of halogens is 2. The third-order valence-electron chi connectivity index (χ3n) is 4.89. The van der Waals surface area contributed by atoms with Gasteiger partial charge in [0.25, 0.3) is 0 Å². The summed E-state index contributed by atoms with van der Waals surface area (Å²) in [6.45, 7) is 0. The zero-order valence-corrected chi connectivity index (χ0v) is 18.9. The molecule has 4 nitrogen and oxygen atoms in total. The number of rotatable bonds is 4. The second-order valence-corrected chi connectivity index (χ2v) is 8.62. The first-order chi connectivity index (χ1) is 14.0. The van der Waals surface area contributed by atoms with Crippen molar-refractivity contribution in [3.8, 4) is 11.5 Å². The standard InChI is InChI=1S/C23H20Br2N2O2/c1-29-18-4-2-3-15(11-18)20-13-21(19-12-17(25)9-10-22(19)28)27-23(26-20)14-5-7-16(24)8-6-14/h2-13,21,23,26-28H,1H3. The van der Waals surface area contributed by atoms with Crippen molar-refractivity contribution in [3.63, 3.8) is 0 Å². The van der Waals surface area contributed by atoms with E-state index in [1.54, 1.807) is 13.2 Å². The summed E-state index contributed by atoms with van der Waals surface area (Å²) in [5, 5.41) is 17.6. The molecule has 0 radical (unpaired) electrons. The number of phenolic OH excluding ortho intramolecular Hbond substituents is 1. The minimum atomic E-state index is -0.177. The Morgan fingerprint density at radius 2 is 1.69 bits per heavy atom. The highest BCUT2D eigenvalue weighted by Gasteiger charge is 2.26. The lowest BCUT2D eigenvalue weighted by molar-refractivity contribution is 0.413. The summed E-state index contributed by atoms with van der Waals surface area (Å²) in [6.07, 6.45) is 1.96. The van der Waals surface area contributed by atoms with Crippen LogP contribution in [0.4, 0.5) is 0 Å². The monoisotopic (exact) mass is 514 g/mol. The smallest absolute Gasteiger partial charge is 0.120 e. The van der Waals surface area contributed by atoms with Crippen LogP contribution in [0.25, 0.3) is 5.70 Å². The van der Waals surface area contributed by atoms with Gasteiger partial charge in [-0.05, 0) is 54.1 Å². The van der Waals surface area contributed by atoms with Gasteiger partial charge in [0.15, 0.2) is 0 Å². The highest BCUT2D eigenvalue weighted by molar-refractivity contribution is 9.10. The third kappa shape index (κ3) is 4.50. The van der Waals surface area contributed by atoms with E-state index in [2.05, 4.69) is 60.7 Å². The second-order valence-electron chi connectivity index (χ2n) is 6.79. The van der Waals surface area contributed by atoms with Crippen molar-refractivity contribution in [3.05, 3.63) is 98.4 Å². The highest BCUT2D eigenvalue weighted by Crippen LogP contribution is 2.35. The summed E-state index contributed by atoms with van der Waals surface area (Å²) < 4.78 is 7.34. The van der Waals surface area contributed by atoms with Gasteiger partial charge in [0.05, 0.1) is 13.2 Å². The Morgan fingerprint density at radius 3 is 2.45 bits per heavy atom. The van der Waals surface area contributed by atoms with E-state index in [-0.39, 0.29) is 18.0 Å². The van der Waals surface area contributed by atoms with Gasteiger partial charge in [-0.1, -0.05) is 56.1 Å². The minimum Gasteiger partial charge on any atom is -0.508 e. The molecule has 29 heavy (non-hydrogen) atoms. The molecule has 1 aliphatic rings. The number of aromatic hydroxyl groups is 1. The van der Waals surface area contributed by atoms with E-state index in [1.807, 2.05) is 48.5 Å². The predicted octanol–water partition coefficient (Wildman–Crippen LogP) is 5.90. The van der Waals surface area contributed by atoms with E-state index in [9.17, 15) is 5.11 Å². The molecule has 4 rings (SSSR count). The van der Waals surface area contributed by atoms with Crippen LogP contribution in [0.15, 0.2) is 81.8 Å². The van der Waals surface area contributed by atoms with E-state index in [0.29, 0.717) is 0 Å². The lowest BCUT2D eigenvalue weighted by atomic mass is 9.98. The van der Waals surface area contributed by atoms with Gasteiger partial charge >= 0.3 is 0 Å². The van der Waals surface area contributed by atoms with Crippen molar-refractivity contribution >= 4 is 37.6 Å². The molecule has 0 aliphatic carbocycles. The average molecular weight is 516 g/mol. The van der Waals surface area contributed by atoms with Crippen LogP contribution in [-0.4, -0.2) is 12.2 Å². The van der Waals surface area contributed by atoms with Gasteiger partial charge in [-0.2, -0.15) is 0 Å². The van der Waals surface area contributed by atoms with Gasteiger partial charge in [-0.3, -0.25) is 5.32 Å². The van der Waals surface area contributed by atoms with Crippen LogP contribution in [-0.2, 0) is 0 Å². The molecule has 0 saturated heterocycles. The maximum atomic E-state index is 10.5. The molecular formula is C23H20Br2N2O2. The van der Waals surface area contributed by atoms with Gasteiger partial charge in [-0.25, -0.2) is 0 Å².